The minimum absolute atomic E-state index is 0.000301. The van der Waals surface area contributed by atoms with Crippen LogP contribution >= 0.6 is 0 Å². The second kappa shape index (κ2) is 8.49. The molecule has 4 rings (SSSR count). The number of fused-ring (bicyclic) bond motifs is 1. The number of carbonyl (C=O) groups excluding carboxylic acids is 2. The molecule has 9 heteroatoms. The smallest absolute Gasteiger partial charge is 0.265 e. The van der Waals surface area contributed by atoms with Crippen LogP contribution in [-0.2, 0) is 9.59 Å². The van der Waals surface area contributed by atoms with Crippen LogP contribution in [0.4, 0.5) is 5.82 Å². The van der Waals surface area contributed by atoms with E-state index in [2.05, 4.69) is 32.4 Å². The normalized spacial score (nSPS) is 25.8. The van der Waals surface area contributed by atoms with Gasteiger partial charge >= 0.3 is 0 Å². The molecule has 2 amide bonds. The van der Waals surface area contributed by atoms with E-state index in [-0.39, 0.29) is 23.7 Å². The lowest BCUT2D eigenvalue weighted by atomic mass is 9.79. The molecule has 0 saturated heterocycles. The van der Waals surface area contributed by atoms with Gasteiger partial charge in [0.1, 0.15) is 17.6 Å². The number of hydrogen-bond donors (Lipinski definition) is 1. The first-order valence-electron chi connectivity index (χ1n) is 10.8. The number of nitrogens with zero attached hydrogens (tertiary/aromatic N) is 6. The molecule has 3 aliphatic rings. The Balaban J connectivity index is 1.46. The van der Waals surface area contributed by atoms with Crippen LogP contribution in [0.25, 0.3) is 0 Å². The number of nitrogens with one attached hydrogen (secondary N) is 1. The first-order valence-corrected chi connectivity index (χ1v) is 10.8. The van der Waals surface area contributed by atoms with Crippen molar-refractivity contribution in [3.8, 4) is 0 Å². The summed E-state index contributed by atoms with van der Waals surface area (Å²) in [6, 6.07) is 1.78. The van der Waals surface area contributed by atoms with E-state index in [9.17, 15) is 9.59 Å². The average Bonchev–Trinajstić information content (AvgIpc) is 3.29. The summed E-state index contributed by atoms with van der Waals surface area (Å²) in [5, 5.41) is 13.1. The summed E-state index contributed by atoms with van der Waals surface area (Å²) in [4.78, 5) is 33.8. The first-order chi connectivity index (χ1) is 14.5. The highest BCUT2D eigenvalue weighted by Gasteiger charge is 2.35. The minimum Gasteiger partial charge on any atom is -0.310 e. The van der Waals surface area contributed by atoms with Gasteiger partial charge < -0.3 is 5.32 Å². The summed E-state index contributed by atoms with van der Waals surface area (Å²) in [7, 11) is 1.74. The van der Waals surface area contributed by atoms with E-state index in [0.29, 0.717) is 17.3 Å². The van der Waals surface area contributed by atoms with Gasteiger partial charge in [-0.2, -0.15) is 24.9 Å². The zero-order chi connectivity index (χ0) is 21.3. The second-order valence-corrected chi connectivity index (χ2v) is 8.42. The maximum atomic E-state index is 12.9. The van der Waals surface area contributed by atoms with Gasteiger partial charge in [0.25, 0.3) is 11.9 Å². The zero-order valence-electron chi connectivity index (χ0n) is 17.8. The van der Waals surface area contributed by atoms with Crippen LogP contribution < -0.4 is 5.32 Å². The van der Waals surface area contributed by atoms with Crippen molar-refractivity contribution >= 4 is 35.6 Å². The van der Waals surface area contributed by atoms with Crippen LogP contribution in [0.5, 0.6) is 0 Å². The molecule has 1 N–H and O–H groups in total. The van der Waals surface area contributed by atoms with Gasteiger partial charge in [-0.15, -0.1) is 0 Å². The Bertz CT molecular complexity index is 922. The molecule has 1 aromatic heterocycles. The van der Waals surface area contributed by atoms with Crippen molar-refractivity contribution in [3.63, 3.8) is 0 Å². The van der Waals surface area contributed by atoms with E-state index in [4.69, 9.17) is 0 Å². The van der Waals surface area contributed by atoms with Gasteiger partial charge in [-0.05, 0) is 38.5 Å². The van der Waals surface area contributed by atoms with Crippen molar-refractivity contribution in [2.24, 2.45) is 32.8 Å². The Labute approximate surface area is 176 Å². The summed E-state index contributed by atoms with van der Waals surface area (Å²) in [5.41, 5.74) is 0.710. The number of aliphatic imine (C=N–C) groups is 2. The summed E-state index contributed by atoms with van der Waals surface area (Å²) in [6.45, 7) is 4.05. The fourth-order valence-corrected chi connectivity index (χ4v) is 4.38. The van der Waals surface area contributed by atoms with Gasteiger partial charge in [0, 0.05) is 25.2 Å². The molecule has 1 unspecified atom stereocenters. The highest BCUT2D eigenvalue weighted by Crippen LogP contribution is 2.32. The third-order valence-corrected chi connectivity index (χ3v) is 6.15. The van der Waals surface area contributed by atoms with Crippen molar-refractivity contribution in [3.05, 3.63) is 11.8 Å². The van der Waals surface area contributed by atoms with Crippen molar-refractivity contribution in [2.75, 3.05) is 12.4 Å². The van der Waals surface area contributed by atoms with Gasteiger partial charge in [-0.25, -0.2) is 0 Å². The molecule has 0 bridgehead atoms. The molecule has 30 heavy (non-hydrogen) atoms. The minimum atomic E-state index is -0.545. The number of amidine groups is 1. The van der Waals surface area contributed by atoms with E-state index in [1.54, 1.807) is 18.1 Å². The summed E-state index contributed by atoms with van der Waals surface area (Å²) < 4.78 is 1.44. The molecule has 160 valence electrons. The Morgan fingerprint density at radius 3 is 2.73 bits per heavy atom. The van der Waals surface area contributed by atoms with E-state index in [1.807, 2.05) is 6.92 Å². The number of aromatic nitrogens is 2. The highest BCUT2D eigenvalue weighted by molar-refractivity contribution is 6.24. The molecular formula is C21H29N7O2. The lowest BCUT2D eigenvalue weighted by molar-refractivity contribution is -0.121. The molecule has 1 aromatic rings. The van der Waals surface area contributed by atoms with Crippen molar-refractivity contribution < 1.29 is 9.59 Å². The fourth-order valence-electron chi connectivity index (χ4n) is 4.38. The largest absolute Gasteiger partial charge is 0.310 e. The van der Waals surface area contributed by atoms with E-state index in [1.165, 1.54) is 30.2 Å². The lowest BCUT2D eigenvalue weighted by Gasteiger charge is -2.27. The Morgan fingerprint density at radius 2 is 2.00 bits per heavy atom. The third kappa shape index (κ3) is 4.06. The standard InChI is InChI=1S/C21H29N7O2/c1-4-5-6-14-7-9-15(10-8-14)19(29)23-17-11-13(2)26-28(17)21-24-18-16(20(30)25-21)12-22-27(18)3/h11-12,14-16H,4-10H2,1-3H3,(H,23,29). The molecule has 0 spiro atoms. The van der Waals surface area contributed by atoms with Crippen LogP contribution in [0.2, 0.25) is 0 Å². The molecule has 1 atom stereocenters. The molecule has 0 radical (unpaired) electrons. The number of rotatable bonds is 5. The SMILES string of the molecule is CCCCC1CCC(C(=O)Nc2cc(C)nn2C2=NC(=O)C3C=NN(C)C3=N2)CC1. The van der Waals surface area contributed by atoms with Crippen LogP contribution in [0.3, 0.4) is 0 Å². The Kier molecular flexibility index (Phi) is 5.78. The predicted octanol–water partition coefficient (Wildman–Crippen LogP) is 2.82. The monoisotopic (exact) mass is 411 g/mol. The molecule has 0 aromatic carbocycles. The van der Waals surface area contributed by atoms with Crippen LogP contribution in [0.1, 0.15) is 57.6 Å². The van der Waals surface area contributed by atoms with E-state index >= 15 is 0 Å². The summed E-state index contributed by atoms with van der Waals surface area (Å²) in [5.74, 6) is 1.03. The predicted molar refractivity (Wildman–Crippen MR) is 116 cm³/mol. The maximum absolute atomic E-state index is 12.9. The van der Waals surface area contributed by atoms with Crippen LogP contribution in [0.15, 0.2) is 21.2 Å². The van der Waals surface area contributed by atoms with Crippen LogP contribution in [-0.4, -0.2) is 51.7 Å². The summed E-state index contributed by atoms with van der Waals surface area (Å²) in [6.07, 6.45) is 9.35. The molecule has 1 aliphatic carbocycles. The number of unbranched alkanes of at least 4 members (excludes halogenated alkanes) is 1. The first kappa shape index (κ1) is 20.4. The number of aryl methyl sites for hydroxylation is 1. The van der Waals surface area contributed by atoms with Crippen molar-refractivity contribution in [1.82, 2.24) is 14.8 Å². The zero-order valence-corrected chi connectivity index (χ0v) is 17.8. The molecule has 3 heterocycles. The molecule has 1 saturated carbocycles. The Hall–Kier alpha value is -2.84. The van der Waals surface area contributed by atoms with Gasteiger partial charge in [0.15, 0.2) is 0 Å². The molecule has 2 aliphatic heterocycles. The highest BCUT2D eigenvalue weighted by atomic mass is 16.2. The quantitative estimate of drug-likeness (QED) is 0.804. The number of hydrogen-bond acceptors (Lipinski definition) is 6. The van der Waals surface area contributed by atoms with Crippen LogP contribution in [0, 0.1) is 24.7 Å². The van der Waals surface area contributed by atoms with Gasteiger partial charge in [0.05, 0.1) is 5.69 Å². The number of carbonyl (C=O) groups is 2. The Morgan fingerprint density at radius 1 is 1.23 bits per heavy atom. The van der Waals surface area contributed by atoms with Gasteiger partial charge in [-0.1, -0.05) is 26.2 Å². The average molecular weight is 412 g/mol. The number of amides is 2. The van der Waals surface area contributed by atoms with E-state index < -0.39 is 5.92 Å². The van der Waals surface area contributed by atoms with E-state index in [0.717, 1.165) is 31.6 Å². The molecule has 9 nitrogen and oxygen atoms in total. The lowest BCUT2D eigenvalue weighted by Crippen LogP contribution is -2.35. The summed E-state index contributed by atoms with van der Waals surface area (Å²) >= 11 is 0. The van der Waals surface area contributed by atoms with Crippen molar-refractivity contribution in [2.45, 2.75) is 58.8 Å². The molecule has 1 fully saturated rings. The molecular weight excluding hydrogens is 382 g/mol. The number of anilines is 1. The maximum Gasteiger partial charge on any atom is 0.265 e. The topological polar surface area (TPSA) is 104 Å². The second-order valence-electron chi connectivity index (χ2n) is 8.42. The van der Waals surface area contributed by atoms with Crippen molar-refractivity contribution in [1.29, 1.82) is 0 Å². The number of hydrazone groups is 1. The van der Waals surface area contributed by atoms with Gasteiger partial charge in [-0.3, -0.25) is 14.6 Å². The van der Waals surface area contributed by atoms with Gasteiger partial charge in [0.2, 0.25) is 5.91 Å². The third-order valence-electron chi connectivity index (χ3n) is 6.15. The fraction of sp³-hybridized carbons (Fsp3) is 0.619.